The maximum Gasteiger partial charge on any atom is 0.277 e. The Labute approximate surface area is 213 Å². The Morgan fingerprint density at radius 1 is 1.14 bits per heavy atom. The topological polar surface area (TPSA) is 118 Å². The molecule has 2 fully saturated rings. The molecule has 1 amide bonds. The Morgan fingerprint density at radius 3 is 2.36 bits per heavy atom. The minimum atomic E-state index is -2.51. The average Bonchev–Trinajstić information content (AvgIpc) is 3.57. The fourth-order valence-corrected chi connectivity index (χ4v) is 8.17. The molecule has 4 rings (SSSR count). The largest absolute Gasteiger partial charge is 0.467 e. The van der Waals surface area contributed by atoms with Crippen LogP contribution in [-0.4, -0.2) is 59.9 Å². The fraction of sp³-hybridized carbons (Fsp3) is 0.556. The van der Waals surface area contributed by atoms with Gasteiger partial charge < -0.3 is 29.4 Å². The van der Waals surface area contributed by atoms with E-state index >= 15 is 0 Å². The van der Waals surface area contributed by atoms with Crippen LogP contribution >= 0.6 is 0 Å². The molecule has 0 bridgehead atoms. The van der Waals surface area contributed by atoms with Gasteiger partial charge in [-0.15, -0.1) is 0 Å². The number of carbonyl (C=O) groups is 2. The first-order valence-corrected chi connectivity index (χ1v) is 15.4. The van der Waals surface area contributed by atoms with Crippen LogP contribution in [0.5, 0.6) is 0 Å². The third-order valence-corrected chi connectivity index (χ3v) is 12.5. The van der Waals surface area contributed by atoms with E-state index < -0.39 is 49.6 Å². The predicted octanol–water partition coefficient (Wildman–Crippen LogP) is 3.27. The number of benzene rings is 1. The van der Waals surface area contributed by atoms with E-state index in [-0.39, 0.29) is 17.4 Å². The van der Waals surface area contributed by atoms with Gasteiger partial charge in [0.05, 0.1) is 0 Å². The second-order valence-electron chi connectivity index (χ2n) is 9.85. The molecule has 8 nitrogen and oxygen atoms in total. The van der Waals surface area contributed by atoms with Crippen molar-refractivity contribution in [2.75, 3.05) is 0 Å². The zero-order valence-electron chi connectivity index (χ0n) is 21.6. The summed E-state index contributed by atoms with van der Waals surface area (Å²) in [5.41, 5.74) is -3.78. The number of ether oxygens (including phenoxy) is 2. The molecule has 0 saturated carbocycles. The Hall–Kier alpha value is -2.30. The number of nitrogens with one attached hydrogen (secondary N) is 1. The smallest absolute Gasteiger partial charge is 0.277 e. The lowest BCUT2D eigenvalue weighted by Crippen LogP contribution is -2.63. The SMILES string of the molecule is CC/C=C\[C@H]1O[C@H]1C1=C(C)C(=O)[C@]2(O1)C(=O)N[C@@](O)(C(O)c1ccccc1)[C@@H]2O[Si](CC)(CC)CC. The van der Waals surface area contributed by atoms with Gasteiger partial charge in [-0.05, 0) is 37.0 Å². The second-order valence-corrected chi connectivity index (χ2v) is 14.6. The Balaban J connectivity index is 1.78. The molecule has 1 aromatic rings. The van der Waals surface area contributed by atoms with Gasteiger partial charge in [-0.25, -0.2) is 0 Å². The molecular formula is C27H37NO7Si. The lowest BCUT2D eigenvalue weighted by Gasteiger charge is -2.42. The zero-order chi connectivity index (χ0) is 26.3. The Morgan fingerprint density at radius 2 is 1.78 bits per heavy atom. The Kier molecular flexibility index (Phi) is 7.33. The highest BCUT2D eigenvalue weighted by molar-refractivity contribution is 6.73. The fourth-order valence-electron chi connectivity index (χ4n) is 5.32. The Bertz CT molecular complexity index is 1060. The molecule has 0 aromatic heterocycles. The van der Waals surface area contributed by atoms with Crippen molar-refractivity contribution in [3.63, 3.8) is 0 Å². The van der Waals surface area contributed by atoms with E-state index in [4.69, 9.17) is 13.9 Å². The molecule has 1 unspecified atom stereocenters. The third kappa shape index (κ3) is 4.07. The van der Waals surface area contributed by atoms with Crippen LogP contribution in [-0.2, 0) is 23.5 Å². The number of aliphatic hydroxyl groups is 2. The van der Waals surface area contributed by atoms with E-state index in [0.717, 1.165) is 6.42 Å². The summed E-state index contributed by atoms with van der Waals surface area (Å²) < 4.78 is 18.7. The molecule has 1 spiro atoms. The third-order valence-electron chi connectivity index (χ3n) is 7.92. The number of epoxide rings is 1. The molecule has 0 radical (unpaired) electrons. The van der Waals surface area contributed by atoms with E-state index in [0.29, 0.717) is 23.7 Å². The van der Waals surface area contributed by atoms with Crippen LogP contribution in [0.25, 0.3) is 0 Å². The average molecular weight is 516 g/mol. The molecule has 3 aliphatic rings. The van der Waals surface area contributed by atoms with Crippen LogP contribution in [0, 0.1) is 0 Å². The van der Waals surface area contributed by atoms with Gasteiger partial charge in [0, 0.05) is 5.57 Å². The monoisotopic (exact) mass is 515 g/mol. The normalized spacial score (nSPS) is 32.9. The summed E-state index contributed by atoms with van der Waals surface area (Å²) in [4.78, 5) is 27.5. The number of amides is 1. The number of rotatable bonds is 10. The van der Waals surface area contributed by atoms with Crippen LogP contribution in [0.1, 0.15) is 52.7 Å². The number of allylic oxidation sites excluding steroid dienone is 1. The van der Waals surface area contributed by atoms with Crippen molar-refractivity contribution in [1.82, 2.24) is 5.32 Å². The molecule has 196 valence electrons. The van der Waals surface area contributed by atoms with Crippen LogP contribution in [0.3, 0.4) is 0 Å². The van der Waals surface area contributed by atoms with Crippen molar-refractivity contribution < 1.29 is 33.7 Å². The zero-order valence-corrected chi connectivity index (χ0v) is 22.6. The molecular weight excluding hydrogens is 478 g/mol. The molecule has 6 atom stereocenters. The van der Waals surface area contributed by atoms with Crippen molar-refractivity contribution in [3.8, 4) is 0 Å². The molecule has 9 heteroatoms. The van der Waals surface area contributed by atoms with Crippen molar-refractivity contribution in [3.05, 3.63) is 59.4 Å². The van der Waals surface area contributed by atoms with Gasteiger partial charge in [0.25, 0.3) is 11.5 Å². The highest BCUT2D eigenvalue weighted by atomic mass is 28.4. The molecule has 1 aromatic carbocycles. The van der Waals surface area contributed by atoms with Gasteiger partial charge in [0.2, 0.25) is 5.78 Å². The van der Waals surface area contributed by atoms with Gasteiger partial charge >= 0.3 is 0 Å². The minimum absolute atomic E-state index is 0.245. The molecule has 3 N–H and O–H groups in total. The first-order chi connectivity index (χ1) is 17.1. The minimum Gasteiger partial charge on any atom is -0.467 e. The van der Waals surface area contributed by atoms with Crippen LogP contribution in [0.4, 0.5) is 0 Å². The predicted molar refractivity (Wildman–Crippen MR) is 136 cm³/mol. The van der Waals surface area contributed by atoms with Crippen molar-refractivity contribution in [2.45, 2.75) is 94.9 Å². The summed E-state index contributed by atoms with van der Waals surface area (Å²) in [5, 5.41) is 25.8. The van der Waals surface area contributed by atoms with E-state index in [1.54, 1.807) is 37.3 Å². The standard InChI is InChI=1S/C27H37NO7Si/c1-6-10-16-19-21(33-19)20-17(5)22(29)26(34-20)24(35-36(7-2,8-3)9-4)27(32,28-25(26)31)23(30)18-14-12-11-13-15-18/h10-16,19,21,23-24,30,32H,6-9H2,1-5H3,(H,28,31)/b16-10-/t19-,21-,23?,24-,26-,27-/m1/s1. The summed E-state index contributed by atoms with van der Waals surface area (Å²) in [6, 6.07) is 10.7. The lowest BCUT2D eigenvalue weighted by atomic mass is 9.84. The summed E-state index contributed by atoms with van der Waals surface area (Å²) >= 11 is 0. The van der Waals surface area contributed by atoms with Gasteiger partial charge in [0.15, 0.2) is 20.1 Å². The molecule has 2 saturated heterocycles. The van der Waals surface area contributed by atoms with Crippen LogP contribution in [0.2, 0.25) is 18.1 Å². The molecule has 0 aliphatic carbocycles. The number of Topliss-reactive ketones (excluding diaryl/α,β-unsaturated/α-hetero) is 1. The second kappa shape index (κ2) is 9.87. The highest BCUT2D eigenvalue weighted by Crippen LogP contribution is 2.50. The van der Waals surface area contributed by atoms with E-state index in [9.17, 15) is 19.8 Å². The number of hydrogen-bond acceptors (Lipinski definition) is 7. The van der Waals surface area contributed by atoms with Gasteiger partial charge in [0.1, 0.15) is 24.1 Å². The maximum atomic E-state index is 13.8. The van der Waals surface area contributed by atoms with E-state index in [2.05, 4.69) is 5.32 Å². The number of aliphatic hydroxyl groups excluding tert-OH is 1. The number of ketones is 1. The van der Waals surface area contributed by atoms with Crippen molar-refractivity contribution in [1.29, 1.82) is 0 Å². The van der Waals surface area contributed by atoms with E-state index in [1.165, 1.54) is 0 Å². The first-order valence-electron chi connectivity index (χ1n) is 12.9. The summed E-state index contributed by atoms with van der Waals surface area (Å²) in [5.74, 6) is -1.11. The molecule has 36 heavy (non-hydrogen) atoms. The summed E-state index contributed by atoms with van der Waals surface area (Å²) in [6.45, 7) is 9.65. The lowest BCUT2D eigenvalue weighted by molar-refractivity contribution is -0.179. The number of hydrogen-bond donors (Lipinski definition) is 3. The van der Waals surface area contributed by atoms with Crippen LogP contribution < -0.4 is 5.32 Å². The van der Waals surface area contributed by atoms with Crippen LogP contribution in [0.15, 0.2) is 53.8 Å². The summed E-state index contributed by atoms with van der Waals surface area (Å²) in [7, 11) is -2.51. The quantitative estimate of drug-likeness (QED) is 0.189. The maximum absolute atomic E-state index is 13.8. The van der Waals surface area contributed by atoms with Gasteiger partial charge in [-0.3, -0.25) is 9.59 Å². The first kappa shape index (κ1) is 26.8. The van der Waals surface area contributed by atoms with Gasteiger partial charge in [-0.2, -0.15) is 0 Å². The highest BCUT2D eigenvalue weighted by Gasteiger charge is 2.75. The van der Waals surface area contributed by atoms with Crippen molar-refractivity contribution >= 4 is 20.0 Å². The van der Waals surface area contributed by atoms with Crippen molar-refractivity contribution in [2.24, 2.45) is 0 Å². The van der Waals surface area contributed by atoms with E-state index in [1.807, 2.05) is 39.8 Å². The summed E-state index contributed by atoms with van der Waals surface area (Å²) in [6.07, 6.45) is 0.985. The molecule has 3 heterocycles. The molecule has 3 aliphatic heterocycles. The van der Waals surface area contributed by atoms with Gasteiger partial charge in [-0.1, -0.05) is 70.2 Å². The number of carbonyl (C=O) groups excluding carboxylic acids is 2.